The summed E-state index contributed by atoms with van der Waals surface area (Å²) < 4.78 is 0. The average Bonchev–Trinajstić information content (AvgIpc) is 2.92. The van der Waals surface area contributed by atoms with Gasteiger partial charge in [-0.05, 0) is 43.2 Å². The Morgan fingerprint density at radius 1 is 1.57 bits per heavy atom. The van der Waals surface area contributed by atoms with Gasteiger partial charge in [-0.2, -0.15) is 0 Å². The molecule has 2 nitrogen and oxygen atoms in total. The Morgan fingerprint density at radius 2 is 2.36 bits per heavy atom. The molecule has 1 aromatic heterocycles. The summed E-state index contributed by atoms with van der Waals surface area (Å²) in [6.07, 6.45) is 4.70. The van der Waals surface area contributed by atoms with E-state index in [9.17, 15) is 5.11 Å². The topological polar surface area (TPSA) is 33.1 Å². The second-order valence-corrected chi connectivity index (χ2v) is 4.32. The molecule has 1 aromatic rings. The molecule has 0 aromatic carbocycles. The standard InChI is InChI=1S/C12H17NO/c1-9-8-10(9)5-6-12(14)11-4-2-3-7-13-11/h2-4,7,9-10,12,14H,5-6,8H2,1H3/t9-,10?,12?/m0/s1. The lowest BCUT2D eigenvalue weighted by Crippen LogP contribution is -2.00. The van der Waals surface area contributed by atoms with Crippen LogP contribution in [0.5, 0.6) is 0 Å². The first-order chi connectivity index (χ1) is 6.77. The Balaban J connectivity index is 1.81. The molecule has 0 aliphatic heterocycles. The Labute approximate surface area is 85.0 Å². The molecule has 3 atom stereocenters. The van der Waals surface area contributed by atoms with E-state index in [1.807, 2.05) is 18.2 Å². The number of nitrogens with zero attached hydrogens (tertiary/aromatic N) is 1. The molecular weight excluding hydrogens is 174 g/mol. The molecule has 2 unspecified atom stereocenters. The van der Waals surface area contributed by atoms with Crippen LogP contribution in [0.2, 0.25) is 0 Å². The van der Waals surface area contributed by atoms with E-state index in [1.54, 1.807) is 6.20 Å². The first kappa shape index (κ1) is 9.66. The van der Waals surface area contributed by atoms with Crippen LogP contribution in [0, 0.1) is 11.8 Å². The molecule has 76 valence electrons. The maximum absolute atomic E-state index is 9.82. The number of aromatic nitrogens is 1. The minimum atomic E-state index is -0.371. The quantitative estimate of drug-likeness (QED) is 0.793. The monoisotopic (exact) mass is 191 g/mol. The maximum atomic E-state index is 9.82. The van der Waals surface area contributed by atoms with Crippen molar-refractivity contribution >= 4 is 0 Å². The second kappa shape index (κ2) is 4.09. The highest BCUT2D eigenvalue weighted by Gasteiger charge is 2.32. The van der Waals surface area contributed by atoms with Crippen LogP contribution in [0.4, 0.5) is 0 Å². The molecule has 1 aliphatic rings. The Hall–Kier alpha value is -0.890. The Morgan fingerprint density at radius 3 is 2.93 bits per heavy atom. The van der Waals surface area contributed by atoms with Gasteiger partial charge in [0, 0.05) is 6.20 Å². The highest BCUT2D eigenvalue weighted by Crippen LogP contribution is 2.42. The first-order valence-electron chi connectivity index (χ1n) is 5.36. The molecule has 0 amide bonds. The van der Waals surface area contributed by atoms with Crippen LogP contribution in [0.1, 0.15) is 38.0 Å². The van der Waals surface area contributed by atoms with Gasteiger partial charge in [0.25, 0.3) is 0 Å². The van der Waals surface area contributed by atoms with E-state index in [1.165, 1.54) is 6.42 Å². The number of hydrogen-bond acceptors (Lipinski definition) is 2. The molecule has 1 heterocycles. The molecule has 0 saturated heterocycles. The molecule has 0 bridgehead atoms. The summed E-state index contributed by atoms with van der Waals surface area (Å²) in [7, 11) is 0. The van der Waals surface area contributed by atoms with Crippen LogP contribution in [-0.2, 0) is 0 Å². The SMILES string of the molecule is C[C@H]1CC1CCC(O)c1ccccn1. The van der Waals surface area contributed by atoms with E-state index in [-0.39, 0.29) is 6.10 Å². The van der Waals surface area contributed by atoms with Crippen LogP contribution in [0.3, 0.4) is 0 Å². The lowest BCUT2D eigenvalue weighted by atomic mass is 10.1. The number of rotatable bonds is 4. The van der Waals surface area contributed by atoms with E-state index >= 15 is 0 Å². The predicted octanol–water partition coefficient (Wildman–Crippen LogP) is 2.55. The smallest absolute Gasteiger partial charge is 0.0959 e. The molecular formula is C12H17NO. The molecule has 1 fully saturated rings. The minimum Gasteiger partial charge on any atom is -0.387 e. The summed E-state index contributed by atoms with van der Waals surface area (Å²) in [5, 5.41) is 9.82. The van der Waals surface area contributed by atoms with Gasteiger partial charge < -0.3 is 5.11 Å². The number of hydrogen-bond donors (Lipinski definition) is 1. The second-order valence-electron chi connectivity index (χ2n) is 4.32. The third kappa shape index (κ3) is 2.32. The van der Waals surface area contributed by atoms with Crippen LogP contribution in [-0.4, -0.2) is 10.1 Å². The van der Waals surface area contributed by atoms with Crippen molar-refractivity contribution in [3.05, 3.63) is 30.1 Å². The zero-order chi connectivity index (χ0) is 9.97. The first-order valence-corrected chi connectivity index (χ1v) is 5.36. The van der Waals surface area contributed by atoms with Gasteiger partial charge in [-0.1, -0.05) is 13.0 Å². The van der Waals surface area contributed by atoms with Crippen molar-refractivity contribution in [3.8, 4) is 0 Å². The van der Waals surface area contributed by atoms with Gasteiger partial charge in [0.2, 0.25) is 0 Å². The third-order valence-corrected chi connectivity index (χ3v) is 3.12. The molecule has 1 saturated carbocycles. The summed E-state index contributed by atoms with van der Waals surface area (Å²) in [4.78, 5) is 4.15. The van der Waals surface area contributed by atoms with Crippen LogP contribution in [0.25, 0.3) is 0 Å². The minimum absolute atomic E-state index is 0.371. The molecule has 14 heavy (non-hydrogen) atoms. The zero-order valence-electron chi connectivity index (χ0n) is 8.56. The Kier molecular flexibility index (Phi) is 2.82. The van der Waals surface area contributed by atoms with Crippen molar-refractivity contribution in [3.63, 3.8) is 0 Å². The highest BCUT2D eigenvalue weighted by atomic mass is 16.3. The fourth-order valence-electron chi connectivity index (χ4n) is 1.89. The van der Waals surface area contributed by atoms with Crippen molar-refractivity contribution in [2.45, 2.75) is 32.3 Å². The maximum Gasteiger partial charge on any atom is 0.0959 e. The fourth-order valence-corrected chi connectivity index (χ4v) is 1.89. The van der Waals surface area contributed by atoms with E-state index in [2.05, 4.69) is 11.9 Å². The van der Waals surface area contributed by atoms with Crippen LogP contribution < -0.4 is 0 Å². The van der Waals surface area contributed by atoms with E-state index in [0.717, 1.165) is 30.4 Å². The van der Waals surface area contributed by atoms with Gasteiger partial charge in [-0.25, -0.2) is 0 Å². The summed E-state index contributed by atoms with van der Waals surface area (Å²) in [6, 6.07) is 5.69. The van der Waals surface area contributed by atoms with E-state index in [4.69, 9.17) is 0 Å². The summed E-state index contributed by atoms with van der Waals surface area (Å²) in [5.74, 6) is 1.74. The molecule has 1 aliphatic carbocycles. The molecule has 2 heteroatoms. The van der Waals surface area contributed by atoms with E-state index in [0.29, 0.717) is 0 Å². The highest BCUT2D eigenvalue weighted by molar-refractivity contribution is 5.06. The van der Waals surface area contributed by atoms with Gasteiger partial charge in [0.15, 0.2) is 0 Å². The summed E-state index contributed by atoms with van der Waals surface area (Å²) in [6.45, 7) is 2.28. The van der Waals surface area contributed by atoms with Crippen molar-refractivity contribution in [2.24, 2.45) is 11.8 Å². The number of aliphatic hydroxyl groups excluding tert-OH is 1. The van der Waals surface area contributed by atoms with Gasteiger partial charge in [0.1, 0.15) is 0 Å². The van der Waals surface area contributed by atoms with Gasteiger partial charge in [-0.3, -0.25) is 4.98 Å². The molecule has 1 N–H and O–H groups in total. The normalized spacial score (nSPS) is 27.3. The van der Waals surface area contributed by atoms with E-state index < -0.39 is 0 Å². The van der Waals surface area contributed by atoms with Crippen molar-refractivity contribution in [1.82, 2.24) is 4.98 Å². The largest absolute Gasteiger partial charge is 0.387 e. The zero-order valence-corrected chi connectivity index (χ0v) is 8.56. The molecule has 0 spiro atoms. The number of pyridine rings is 1. The lowest BCUT2D eigenvalue weighted by Gasteiger charge is -2.08. The van der Waals surface area contributed by atoms with Gasteiger partial charge in [-0.15, -0.1) is 0 Å². The predicted molar refractivity (Wildman–Crippen MR) is 55.7 cm³/mol. The van der Waals surface area contributed by atoms with Crippen LogP contribution >= 0.6 is 0 Å². The van der Waals surface area contributed by atoms with Crippen molar-refractivity contribution < 1.29 is 5.11 Å². The molecule has 0 radical (unpaired) electrons. The van der Waals surface area contributed by atoms with Crippen LogP contribution in [0.15, 0.2) is 24.4 Å². The van der Waals surface area contributed by atoms with Gasteiger partial charge in [0.05, 0.1) is 11.8 Å². The van der Waals surface area contributed by atoms with Gasteiger partial charge >= 0.3 is 0 Å². The van der Waals surface area contributed by atoms with Crippen molar-refractivity contribution in [1.29, 1.82) is 0 Å². The average molecular weight is 191 g/mol. The lowest BCUT2D eigenvalue weighted by molar-refractivity contribution is 0.157. The Bertz CT molecular complexity index is 286. The third-order valence-electron chi connectivity index (χ3n) is 3.12. The number of aliphatic hydroxyl groups is 1. The summed E-state index contributed by atoms with van der Waals surface area (Å²) in [5.41, 5.74) is 0.806. The van der Waals surface area contributed by atoms with Crippen molar-refractivity contribution in [2.75, 3.05) is 0 Å². The fraction of sp³-hybridized carbons (Fsp3) is 0.583. The molecule has 2 rings (SSSR count). The summed E-state index contributed by atoms with van der Waals surface area (Å²) >= 11 is 0.